The molecule has 104 valence electrons. The van der Waals surface area contributed by atoms with Crippen LogP contribution in [0.1, 0.15) is 46.5 Å². The van der Waals surface area contributed by atoms with Crippen LogP contribution in [0.5, 0.6) is 0 Å². The van der Waals surface area contributed by atoms with Crippen LogP contribution in [0.2, 0.25) is 0 Å². The van der Waals surface area contributed by atoms with E-state index < -0.39 is 0 Å². The molecule has 0 aliphatic carbocycles. The maximum Gasteiger partial charge on any atom is 0.243 e. The molecular weight excluding hydrogens is 228 g/mol. The summed E-state index contributed by atoms with van der Waals surface area (Å²) < 4.78 is 5.61. The van der Waals surface area contributed by atoms with Crippen molar-refractivity contribution < 1.29 is 9.53 Å². The van der Waals surface area contributed by atoms with Gasteiger partial charge < -0.3 is 15.0 Å². The van der Waals surface area contributed by atoms with Gasteiger partial charge in [-0.2, -0.15) is 0 Å². The van der Waals surface area contributed by atoms with E-state index in [4.69, 9.17) is 4.74 Å². The third-order valence-corrected chi connectivity index (χ3v) is 4.20. The summed E-state index contributed by atoms with van der Waals surface area (Å²) in [6.45, 7) is 8.64. The van der Waals surface area contributed by atoms with Gasteiger partial charge in [0.2, 0.25) is 5.91 Å². The molecule has 3 atom stereocenters. The van der Waals surface area contributed by atoms with E-state index >= 15 is 0 Å². The minimum Gasteiger partial charge on any atom is -0.375 e. The van der Waals surface area contributed by atoms with Gasteiger partial charge in [-0.3, -0.25) is 4.79 Å². The molecule has 0 aromatic heterocycles. The lowest BCUT2D eigenvalue weighted by molar-refractivity contribution is -0.150. The number of amides is 1. The molecule has 0 aromatic rings. The van der Waals surface area contributed by atoms with E-state index in [9.17, 15) is 4.79 Å². The van der Waals surface area contributed by atoms with Crippen LogP contribution >= 0.6 is 0 Å². The first-order chi connectivity index (χ1) is 8.59. The molecule has 4 heteroatoms. The Morgan fingerprint density at radius 2 is 2.28 bits per heavy atom. The van der Waals surface area contributed by atoms with Gasteiger partial charge in [0.25, 0.3) is 0 Å². The second kappa shape index (κ2) is 5.57. The summed E-state index contributed by atoms with van der Waals surface area (Å²) in [5.41, 5.74) is -0.292. The topological polar surface area (TPSA) is 41.6 Å². The van der Waals surface area contributed by atoms with E-state index in [0.717, 1.165) is 38.8 Å². The van der Waals surface area contributed by atoms with Gasteiger partial charge in [0.1, 0.15) is 0 Å². The van der Waals surface area contributed by atoms with Crippen molar-refractivity contribution in [2.75, 3.05) is 19.7 Å². The van der Waals surface area contributed by atoms with E-state index in [1.165, 1.54) is 0 Å². The number of rotatable bonds is 3. The molecule has 1 amide bonds. The molecule has 18 heavy (non-hydrogen) atoms. The first kappa shape index (κ1) is 13.8. The Bertz CT molecular complexity index is 300. The molecule has 0 spiro atoms. The van der Waals surface area contributed by atoms with Crippen molar-refractivity contribution in [3.63, 3.8) is 0 Å². The van der Waals surface area contributed by atoms with Gasteiger partial charge in [-0.05, 0) is 39.7 Å². The average molecular weight is 254 g/mol. The van der Waals surface area contributed by atoms with Crippen LogP contribution in [0, 0.1) is 0 Å². The number of morpholine rings is 1. The highest BCUT2D eigenvalue weighted by Gasteiger charge is 2.44. The highest BCUT2D eigenvalue weighted by atomic mass is 16.5. The van der Waals surface area contributed by atoms with Gasteiger partial charge >= 0.3 is 0 Å². The van der Waals surface area contributed by atoms with Crippen molar-refractivity contribution in [3.8, 4) is 0 Å². The van der Waals surface area contributed by atoms with E-state index in [0.29, 0.717) is 12.5 Å². The molecule has 2 rings (SSSR count). The number of carbonyl (C=O) groups is 1. The van der Waals surface area contributed by atoms with E-state index in [1.54, 1.807) is 0 Å². The second-order valence-electron chi connectivity index (χ2n) is 5.81. The fourth-order valence-corrected chi connectivity index (χ4v) is 3.20. The Hall–Kier alpha value is -0.610. The quantitative estimate of drug-likeness (QED) is 0.831. The zero-order chi connectivity index (χ0) is 13.2. The van der Waals surface area contributed by atoms with Crippen molar-refractivity contribution in [2.24, 2.45) is 0 Å². The third-order valence-electron chi connectivity index (χ3n) is 4.20. The highest BCUT2D eigenvalue weighted by molar-refractivity contribution is 5.87. The van der Waals surface area contributed by atoms with Crippen LogP contribution < -0.4 is 5.32 Å². The zero-order valence-electron chi connectivity index (χ0n) is 11.9. The minimum absolute atomic E-state index is 0.158. The lowest BCUT2D eigenvalue weighted by Gasteiger charge is -2.42. The van der Waals surface area contributed by atoms with E-state index in [1.807, 2.05) is 11.8 Å². The lowest BCUT2D eigenvalue weighted by atomic mass is 9.89. The Labute approximate surface area is 110 Å². The standard InChI is InChI=1S/C14H26N2O2/c1-4-6-14(7-5-8-15-14)13(17)16-9-12(3)18-10-11(16)2/h11-12,15H,4-10H2,1-3H3. The molecule has 0 aromatic carbocycles. The van der Waals surface area contributed by atoms with Gasteiger partial charge in [-0.1, -0.05) is 13.3 Å². The van der Waals surface area contributed by atoms with Crippen molar-refractivity contribution in [2.45, 2.75) is 64.1 Å². The number of ether oxygens (including phenoxy) is 1. The summed E-state index contributed by atoms with van der Waals surface area (Å²) in [7, 11) is 0. The molecule has 4 nitrogen and oxygen atoms in total. The Balaban J connectivity index is 2.12. The molecule has 1 N–H and O–H groups in total. The number of hydrogen-bond acceptors (Lipinski definition) is 3. The van der Waals surface area contributed by atoms with Crippen LogP contribution in [0.15, 0.2) is 0 Å². The second-order valence-corrected chi connectivity index (χ2v) is 5.81. The summed E-state index contributed by atoms with van der Waals surface area (Å²) in [6.07, 6.45) is 4.25. The maximum atomic E-state index is 12.9. The summed E-state index contributed by atoms with van der Waals surface area (Å²) in [5, 5.41) is 3.47. The minimum atomic E-state index is -0.292. The lowest BCUT2D eigenvalue weighted by Crippen LogP contribution is -2.60. The highest BCUT2D eigenvalue weighted by Crippen LogP contribution is 2.29. The smallest absolute Gasteiger partial charge is 0.243 e. The maximum absolute atomic E-state index is 12.9. The molecule has 3 unspecified atom stereocenters. The summed E-state index contributed by atoms with van der Waals surface area (Å²) in [5.74, 6) is 0.296. The van der Waals surface area contributed by atoms with Gasteiger partial charge in [0.15, 0.2) is 0 Å². The summed E-state index contributed by atoms with van der Waals surface area (Å²) >= 11 is 0. The van der Waals surface area contributed by atoms with Crippen molar-refractivity contribution in [3.05, 3.63) is 0 Å². The number of hydrogen-bond donors (Lipinski definition) is 1. The number of nitrogens with one attached hydrogen (secondary N) is 1. The summed E-state index contributed by atoms with van der Waals surface area (Å²) in [4.78, 5) is 14.9. The van der Waals surface area contributed by atoms with E-state index in [2.05, 4.69) is 19.2 Å². The Morgan fingerprint density at radius 3 is 2.89 bits per heavy atom. The van der Waals surface area contributed by atoms with Gasteiger partial charge in [-0.15, -0.1) is 0 Å². The zero-order valence-corrected chi connectivity index (χ0v) is 11.9. The van der Waals surface area contributed by atoms with Crippen LogP contribution in [-0.4, -0.2) is 48.2 Å². The normalized spacial score (nSPS) is 36.9. The largest absolute Gasteiger partial charge is 0.375 e. The molecule has 0 saturated carbocycles. The van der Waals surface area contributed by atoms with Crippen molar-refractivity contribution >= 4 is 5.91 Å². The van der Waals surface area contributed by atoms with Gasteiger partial charge in [0.05, 0.1) is 24.3 Å². The Morgan fingerprint density at radius 1 is 1.50 bits per heavy atom. The monoisotopic (exact) mass is 254 g/mol. The van der Waals surface area contributed by atoms with Crippen LogP contribution in [0.3, 0.4) is 0 Å². The van der Waals surface area contributed by atoms with Gasteiger partial charge in [-0.25, -0.2) is 0 Å². The first-order valence-electron chi connectivity index (χ1n) is 7.27. The van der Waals surface area contributed by atoms with E-state index in [-0.39, 0.29) is 17.7 Å². The van der Waals surface area contributed by atoms with Crippen LogP contribution in [-0.2, 0) is 9.53 Å². The molecule has 0 radical (unpaired) electrons. The number of nitrogens with zero attached hydrogens (tertiary/aromatic N) is 1. The molecule has 0 bridgehead atoms. The molecule has 2 aliphatic heterocycles. The molecule has 2 aliphatic rings. The third kappa shape index (κ3) is 2.54. The fourth-order valence-electron chi connectivity index (χ4n) is 3.20. The predicted octanol–water partition coefficient (Wildman–Crippen LogP) is 1.54. The van der Waals surface area contributed by atoms with Crippen LogP contribution in [0.4, 0.5) is 0 Å². The SMILES string of the molecule is CCCC1(C(=O)N2CC(C)OCC2C)CCCN1. The molecular formula is C14H26N2O2. The molecule has 2 saturated heterocycles. The fraction of sp³-hybridized carbons (Fsp3) is 0.929. The van der Waals surface area contributed by atoms with Crippen molar-refractivity contribution in [1.29, 1.82) is 0 Å². The molecule has 2 fully saturated rings. The van der Waals surface area contributed by atoms with Crippen LogP contribution in [0.25, 0.3) is 0 Å². The predicted molar refractivity (Wildman–Crippen MR) is 71.5 cm³/mol. The first-order valence-corrected chi connectivity index (χ1v) is 7.27. The Kier molecular flexibility index (Phi) is 4.28. The summed E-state index contributed by atoms with van der Waals surface area (Å²) in [6, 6.07) is 0.199. The van der Waals surface area contributed by atoms with Gasteiger partial charge in [0, 0.05) is 6.54 Å². The number of carbonyl (C=O) groups excluding carboxylic acids is 1. The van der Waals surface area contributed by atoms with Crippen molar-refractivity contribution in [1.82, 2.24) is 10.2 Å². The average Bonchev–Trinajstić information content (AvgIpc) is 2.82. The molecule has 2 heterocycles.